The maximum absolute atomic E-state index is 12.3. The lowest BCUT2D eigenvalue weighted by Gasteiger charge is -2.22. The molecule has 0 aliphatic heterocycles. The number of aryl methyl sites for hydroxylation is 1. The smallest absolute Gasteiger partial charge is 0.263 e. The number of nitrogens with one attached hydrogen (secondary N) is 2. The Morgan fingerprint density at radius 3 is 2.43 bits per heavy atom. The van der Waals surface area contributed by atoms with Gasteiger partial charge in [0.25, 0.3) is 5.91 Å². The number of nitriles is 1. The van der Waals surface area contributed by atoms with E-state index >= 15 is 0 Å². The van der Waals surface area contributed by atoms with E-state index in [-0.39, 0.29) is 5.57 Å². The van der Waals surface area contributed by atoms with Crippen LogP contribution in [-0.2, 0) is 11.3 Å². The molecule has 6 heteroatoms. The normalized spacial score (nSPS) is 10.9. The fourth-order valence-corrected chi connectivity index (χ4v) is 2.90. The van der Waals surface area contributed by atoms with Crippen LogP contribution in [0.2, 0.25) is 5.02 Å². The molecule has 146 valence electrons. The van der Waals surface area contributed by atoms with Crippen molar-refractivity contribution in [1.29, 1.82) is 5.26 Å². The van der Waals surface area contributed by atoms with E-state index in [0.29, 0.717) is 11.6 Å². The molecule has 2 aromatic carbocycles. The second-order valence-corrected chi connectivity index (χ2v) is 6.73. The number of rotatable bonds is 8. The zero-order valence-electron chi connectivity index (χ0n) is 16.4. The molecule has 0 aliphatic carbocycles. The van der Waals surface area contributed by atoms with Crippen LogP contribution in [0.25, 0.3) is 0 Å². The van der Waals surface area contributed by atoms with Crippen LogP contribution in [0.15, 0.2) is 54.2 Å². The highest BCUT2D eigenvalue weighted by atomic mass is 35.5. The summed E-state index contributed by atoms with van der Waals surface area (Å²) < 4.78 is 0. The maximum atomic E-state index is 12.3. The molecule has 28 heavy (non-hydrogen) atoms. The molecular formula is C22H25ClN4O. The minimum Gasteiger partial charge on any atom is -0.372 e. The van der Waals surface area contributed by atoms with E-state index in [1.165, 1.54) is 6.20 Å². The monoisotopic (exact) mass is 396 g/mol. The summed E-state index contributed by atoms with van der Waals surface area (Å²) in [6, 6.07) is 15.2. The van der Waals surface area contributed by atoms with E-state index in [1.54, 1.807) is 12.1 Å². The Bertz CT molecular complexity index is 880. The maximum Gasteiger partial charge on any atom is 0.263 e. The summed E-state index contributed by atoms with van der Waals surface area (Å²) in [5.74, 6) is -0.428. The van der Waals surface area contributed by atoms with E-state index in [4.69, 9.17) is 11.6 Å². The van der Waals surface area contributed by atoms with Crippen LogP contribution in [0.4, 0.5) is 11.4 Å². The second-order valence-electron chi connectivity index (χ2n) is 6.29. The van der Waals surface area contributed by atoms with Crippen molar-refractivity contribution >= 4 is 28.9 Å². The molecular weight excluding hydrogens is 372 g/mol. The Morgan fingerprint density at radius 2 is 1.86 bits per heavy atom. The summed E-state index contributed by atoms with van der Waals surface area (Å²) in [4.78, 5) is 14.5. The number of nitrogens with zero attached hydrogens (tertiary/aromatic N) is 2. The zero-order valence-corrected chi connectivity index (χ0v) is 17.2. The second kappa shape index (κ2) is 10.4. The van der Waals surface area contributed by atoms with Crippen molar-refractivity contribution in [3.63, 3.8) is 0 Å². The molecule has 0 radical (unpaired) electrons. The van der Waals surface area contributed by atoms with E-state index in [1.807, 2.05) is 37.3 Å². The highest BCUT2D eigenvalue weighted by molar-refractivity contribution is 6.30. The molecule has 0 heterocycles. The molecule has 0 bridgehead atoms. The van der Waals surface area contributed by atoms with Gasteiger partial charge >= 0.3 is 0 Å². The molecule has 0 aliphatic rings. The molecule has 2 aromatic rings. The van der Waals surface area contributed by atoms with Crippen molar-refractivity contribution in [3.8, 4) is 6.07 Å². The van der Waals surface area contributed by atoms with Gasteiger partial charge in [0.1, 0.15) is 11.6 Å². The van der Waals surface area contributed by atoms with Crippen LogP contribution in [-0.4, -0.2) is 19.0 Å². The molecule has 1 amide bonds. The molecule has 0 atom stereocenters. The van der Waals surface area contributed by atoms with Gasteiger partial charge in [0, 0.05) is 42.2 Å². The van der Waals surface area contributed by atoms with Gasteiger partial charge in [-0.05, 0) is 62.2 Å². The number of anilines is 2. The average molecular weight is 397 g/mol. The van der Waals surface area contributed by atoms with Crippen LogP contribution in [0.5, 0.6) is 0 Å². The summed E-state index contributed by atoms with van der Waals surface area (Å²) >= 11 is 5.85. The van der Waals surface area contributed by atoms with Crippen LogP contribution in [0.3, 0.4) is 0 Å². The van der Waals surface area contributed by atoms with E-state index in [2.05, 4.69) is 35.4 Å². The molecule has 0 spiro atoms. The Kier molecular flexibility index (Phi) is 7.91. The zero-order chi connectivity index (χ0) is 20.5. The highest BCUT2D eigenvalue weighted by Gasteiger charge is 2.09. The van der Waals surface area contributed by atoms with Crippen molar-refractivity contribution in [3.05, 3.63) is 70.4 Å². The molecule has 0 aromatic heterocycles. The molecule has 0 fully saturated rings. The number of carbonyl (C=O) groups excluding carboxylic acids is 1. The first kappa shape index (κ1) is 21.3. The minimum absolute atomic E-state index is 0.0150. The molecule has 0 saturated heterocycles. The average Bonchev–Trinajstić information content (AvgIpc) is 2.70. The Morgan fingerprint density at radius 1 is 1.18 bits per heavy atom. The van der Waals surface area contributed by atoms with Crippen molar-refractivity contribution in [1.82, 2.24) is 5.32 Å². The van der Waals surface area contributed by atoms with Gasteiger partial charge in [0.05, 0.1) is 0 Å². The molecule has 5 nitrogen and oxygen atoms in total. The number of halogens is 1. The summed E-state index contributed by atoms with van der Waals surface area (Å²) in [6.45, 7) is 8.44. The van der Waals surface area contributed by atoms with Gasteiger partial charge in [0.15, 0.2) is 0 Å². The first-order chi connectivity index (χ1) is 13.5. The molecule has 0 unspecified atom stereocenters. The van der Waals surface area contributed by atoms with Gasteiger partial charge in [0.2, 0.25) is 0 Å². The fourth-order valence-electron chi connectivity index (χ4n) is 2.77. The van der Waals surface area contributed by atoms with Crippen molar-refractivity contribution < 1.29 is 4.79 Å². The van der Waals surface area contributed by atoms with Gasteiger partial charge < -0.3 is 15.5 Å². The third-order valence-electron chi connectivity index (χ3n) is 4.44. The summed E-state index contributed by atoms with van der Waals surface area (Å²) in [6.07, 6.45) is 1.44. The van der Waals surface area contributed by atoms with Crippen LogP contribution in [0.1, 0.15) is 25.0 Å². The summed E-state index contributed by atoms with van der Waals surface area (Å²) in [5.41, 5.74) is 3.97. The van der Waals surface area contributed by atoms with E-state index < -0.39 is 5.91 Å². The molecule has 2 rings (SSSR count). The minimum atomic E-state index is -0.428. The van der Waals surface area contributed by atoms with Gasteiger partial charge in [-0.15, -0.1) is 0 Å². The summed E-state index contributed by atoms with van der Waals surface area (Å²) in [5, 5.41) is 15.8. The SMILES string of the molecule is CCN(CC)c1ccc(N/C=C(/C#N)C(=O)NCc2ccc(Cl)cc2)c(C)c1. The Labute approximate surface area is 171 Å². The standard InChI is InChI=1S/C22H25ClN4O/c1-4-27(5-2)20-10-11-21(16(3)12-20)25-15-18(13-24)22(28)26-14-17-6-8-19(23)9-7-17/h6-12,15,25H,4-5,14H2,1-3H3,(H,26,28)/b18-15-. The highest BCUT2D eigenvalue weighted by Crippen LogP contribution is 2.23. The number of hydrogen-bond donors (Lipinski definition) is 2. The number of benzene rings is 2. The number of carbonyl (C=O) groups is 1. The van der Waals surface area contributed by atoms with Gasteiger partial charge in [-0.3, -0.25) is 4.79 Å². The predicted octanol–water partition coefficient (Wildman–Crippen LogP) is 4.63. The van der Waals surface area contributed by atoms with Crippen LogP contribution >= 0.6 is 11.6 Å². The lowest BCUT2D eigenvalue weighted by atomic mass is 10.1. The fraction of sp³-hybridized carbons (Fsp3) is 0.273. The van der Waals surface area contributed by atoms with Gasteiger partial charge in [-0.25, -0.2) is 0 Å². The lowest BCUT2D eigenvalue weighted by Crippen LogP contribution is -2.24. The van der Waals surface area contributed by atoms with Crippen molar-refractivity contribution in [2.24, 2.45) is 0 Å². The number of amides is 1. The summed E-state index contributed by atoms with van der Waals surface area (Å²) in [7, 11) is 0. The topological polar surface area (TPSA) is 68.2 Å². The third-order valence-corrected chi connectivity index (χ3v) is 4.69. The predicted molar refractivity (Wildman–Crippen MR) is 115 cm³/mol. The molecule has 2 N–H and O–H groups in total. The van der Waals surface area contributed by atoms with Crippen LogP contribution in [0, 0.1) is 18.3 Å². The number of hydrogen-bond acceptors (Lipinski definition) is 4. The van der Waals surface area contributed by atoms with E-state index in [0.717, 1.165) is 35.6 Å². The van der Waals surface area contributed by atoms with Gasteiger partial charge in [-0.2, -0.15) is 5.26 Å². The lowest BCUT2D eigenvalue weighted by molar-refractivity contribution is -0.117. The van der Waals surface area contributed by atoms with Crippen LogP contribution < -0.4 is 15.5 Å². The van der Waals surface area contributed by atoms with Crippen molar-refractivity contribution in [2.45, 2.75) is 27.3 Å². The Balaban J connectivity index is 2.03. The first-order valence-corrected chi connectivity index (χ1v) is 9.61. The largest absolute Gasteiger partial charge is 0.372 e. The first-order valence-electron chi connectivity index (χ1n) is 9.23. The van der Waals surface area contributed by atoms with E-state index in [9.17, 15) is 10.1 Å². The third kappa shape index (κ3) is 5.77. The quantitative estimate of drug-likeness (QED) is 0.504. The Hall–Kier alpha value is -2.97. The van der Waals surface area contributed by atoms with Gasteiger partial charge in [-0.1, -0.05) is 23.7 Å². The van der Waals surface area contributed by atoms with Crippen molar-refractivity contribution in [2.75, 3.05) is 23.3 Å². The molecule has 0 saturated carbocycles.